The molecule has 0 aromatic heterocycles. The van der Waals surface area contributed by atoms with E-state index in [9.17, 15) is 9.59 Å². The molecule has 0 heterocycles. The predicted octanol–water partition coefficient (Wildman–Crippen LogP) is 1.92. The molecule has 1 amide bonds. The number of rotatable bonds is 6. The van der Waals surface area contributed by atoms with Crippen molar-refractivity contribution in [2.75, 3.05) is 6.54 Å². The number of nitrogens with zero attached hydrogens (tertiary/aromatic N) is 1. The lowest BCUT2D eigenvalue weighted by Gasteiger charge is -2.26. The Morgan fingerprint density at radius 2 is 2.05 bits per heavy atom. The van der Waals surface area contributed by atoms with Crippen molar-refractivity contribution in [3.63, 3.8) is 0 Å². The van der Waals surface area contributed by atoms with Crippen LogP contribution in [0, 0.1) is 17.2 Å². The molecule has 0 aliphatic heterocycles. The molecule has 5 heteroatoms. The molecule has 0 saturated heterocycles. The maximum atomic E-state index is 11.6. The molecule has 0 aromatic rings. The van der Waals surface area contributed by atoms with Gasteiger partial charge in [0.2, 0.25) is 5.91 Å². The van der Waals surface area contributed by atoms with Gasteiger partial charge in [-0.15, -0.1) is 0 Å². The van der Waals surface area contributed by atoms with Gasteiger partial charge in [-0.2, -0.15) is 5.26 Å². The lowest BCUT2D eigenvalue weighted by Crippen LogP contribution is -2.29. The van der Waals surface area contributed by atoms with E-state index in [0.29, 0.717) is 19.4 Å². The summed E-state index contributed by atoms with van der Waals surface area (Å²) in [5.74, 6) is -0.500. The highest BCUT2D eigenvalue weighted by atomic mass is 16.5. The fourth-order valence-corrected chi connectivity index (χ4v) is 2.29. The van der Waals surface area contributed by atoms with Crippen LogP contribution in [0.2, 0.25) is 0 Å². The predicted molar refractivity (Wildman–Crippen MR) is 70.0 cm³/mol. The summed E-state index contributed by atoms with van der Waals surface area (Å²) >= 11 is 0. The molecule has 1 fully saturated rings. The van der Waals surface area contributed by atoms with Gasteiger partial charge in [-0.1, -0.05) is 6.42 Å². The van der Waals surface area contributed by atoms with E-state index < -0.39 is 0 Å². The SMILES string of the molecule is CCNC(=O)CCCC(=O)O[C@@H]1CCCC[C@H]1C#N. The first kappa shape index (κ1) is 15.5. The highest BCUT2D eigenvalue weighted by Crippen LogP contribution is 2.26. The summed E-state index contributed by atoms with van der Waals surface area (Å²) in [5.41, 5.74) is 0. The summed E-state index contributed by atoms with van der Waals surface area (Å²) < 4.78 is 5.34. The second-order valence-electron chi connectivity index (χ2n) is 4.86. The largest absolute Gasteiger partial charge is 0.461 e. The van der Waals surface area contributed by atoms with Crippen LogP contribution >= 0.6 is 0 Å². The summed E-state index contributed by atoms with van der Waals surface area (Å²) in [6.45, 7) is 2.46. The summed E-state index contributed by atoms with van der Waals surface area (Å²) in [5, 5.41) is 11.7. The molecule has 1 aliphatic carbocycles. The number of carbonyl (C=O) groups is 2. The van der Waals surface area contributed by atoms with Crippen molar-refractivity contribution >= 4 is 11.9 Å². The van der Waals surface area contributed by atoms with E-state index in [0.717, 1.165) is 25.7 Å². The van der Waals surface area contributed by atoms with Crippen molar-refractivity contribution in [3.05, 3.63) is 0 Å². The Labute approximate surface area is 114 Å². The van der Waals surface area contributed by atoms with Gasteiger partial charge < -0.3 is 10.1 Å². The van der Waals surface area contributed by atoms with Crippen molar-refractivity contribution in [1.29, 1.82) is 5.26 Å². The third kappa shape index (κ3) is 5.73. The fraction of sp³-hybridized carbons (Fsp3) is 0.786. The molecule has 0 bridgehead atoms. The highest BCUT2D eigenvalue weighted by Gasteiger charge is 2.27. The molecule has 1 aliphatic rings. The average Bonchev–Trinajstić information content (AvgIpc) is 2.39. The number of hydrogen-bond donors (Lipinski definition) is 1. The number of nitriles is 1. The van der Waals surface area contributed by atoms with Crippen LogP contribution in [0.15, 0.2) is 0 Å². The Kier molecular flexibility index (Phi) is 6.94. The van der Waals surface area contributed by atoms with E-state index in [2.05, 4.69) is 11.4 Å². The lowest BCUT2D eigenvalue weighted by molar-refractivity contribution is -0.152. The van der Waals surface area contributed by atoms with E-state index >= 15 is 0 Å². The molecular weight excluding hydrogens is 244 g/mol. The van der Waals surface area contributed by atoms with Gasteiger partial charge in [-0.05, 0) is 32.6 Å². The quantitative estimate of drug-likeness (QED) is 0.745. The first-order chi connectivity index (χ1) is 9.17. The summed E-state index contributed by atoms with van der Waals surface area (Å²) in [6, 6.07) is 2.21. The maximum absolute atomic E-state index is 11.6. The Bertz CT molecular complexity index is 349. The standard InChI is InChI=1S/C14H22N2O3/c1-2-16-13(17)8-5-9-14(18)19-12-7-4-3-6-11(12)10-15/h11-12H,2-9H2,1H3,(H,16,17)/t11-,12+/m0/s1. The normalized spacial score (nSPS) is 22.3. The zero-order valence-corrected chi connectivity index (χ0v) is 11.5. The minimum atomic E-state index is -0.295. The first-order valence-corrected chi connectivity index (χ1v) is 7.03. The Balaban J connectivity index is 2.23. The van der Waals surface area contributed by atoms with Crippen molar-refractivity contribution < 1.29 is 14.3 Å². The smallest absolute Gasteiger partial charge is 0.306 e. The van der Waals surface area contributed by atoms with Gasteiger partial charge >= 0.3 is 5.97 Å². The summed E-state index contributed by atoms with van der Waals surface area (Å²) in [4.78, 5) is 22.9. The molecule has 106 valence electrons. The molecule has 0 aromatic carbocycles. The fourth-order valence-electron chi connectivity index (χ4n) is 2.29. The van der Waals surface area contributed by atoms with Crippen LogP contribution in [0.25, 0.3) is 0 Å². The Morgan fingerprint density at radius 3 is 2.74 bits per heavy atom. The van der Waals surface area contributed by atoms with Crippen molar-refractivity contribution in [3.8, 4) is 6.07 Å². The maximum Gasteiger partial charge on any atom is 0.306 e. The van der Waals surface area contributed by atoms with Crippen LogP contribution in [-0.2, 0) is 14.3 Å². The van der Waals surface area contributed by atoms with Gasteiger partial charge in [-0.25, -0.2) is 0 Å². The summed E-state index contributed by atoms with van der Waals surface area (Å²) in [7, 11) is 0. The van der Waals surface area contributed by atoms with Gasteiger partial charge in [0.05, 0.1) is 12.0 Å². The lowest BCUT2D eigenvalue weighted by atomic mass is 9.87. The third-order valence-corrected chi connectivity index (χ3v) is 3.31. The molecule has 19 heavy (non-hydrogen) atoms. The molecule has 0 radical (unpaired) electrons. The van der Waals surface area contributed by atoms with Gasteiger partial charge in [0, 0.05) is 19.4 Å². The zero-order chi connectivity index (χ0) is 14.1. The molecule has 1 N–H and O–H groups in total. The first-order valence-electron chi connectivity index (χ1n) is 7.03. The van der Waals surface area contributed by atoms with Gasteiger partial charge in [0.25, 0.3) is 0 Å². The van der Waals surface area contributed by atoms with E-state index in [1.807, 2.05) is 6.92 Å². The zero-order valence-electron chi connectivity index (χ0n) is 11.5. The van der Waals surface area contributed by atoms with Crippen LogP contribution in [0.3, 0.4) is 0 Å². The van der Waals surface area contributed by atoms with Crippen LogP contribution in [0.5, 0.6) is 0 Å². The Morgan fingerprint density at radius 1 is 1.32 bits per heavy atom. The van der Waals surface area contributed by atoms with Gasteiger partial charge in [-0.3, -0.25) is 9.59 Å². The van der Waals surface area contributed by atoms with Crippen molar-refractivity contribution in [2.45, 2.75) is 58.0 Å². The minimum Gasteiger partial charge on any atom is -0.461 e. The number of hydrogen-bond acceptors (Lipinski definition) is 4. The van der Waals surface area contributed by atoms with Crippen LogP contribution in [-0.4, -0.2) is 24.5 Å². The third-order valence-electron chi connectivity index (χ3n) is 3.31. The highest BCUT2D eigenvalue weighted by molar-refractivity contribution is 5.76. The number of nitrogens with one attached hydrogen (secondary N) is 1. The van der Waals surface area contributed by atoms with Crippen LogP contribution < -0.4 is 5.32 Å². The second-order valence-corrected chi connectivity index (χ2v) is 4.86. The van der Waals surface area contributed by atoms with Gasteiger partial charge in [0.15, 0.2) is 0 Å². The van der Waals surface area contributed by atoms with E-state index in [1.165, 1.54) is 0 Å². The van der Waals surface area contributed by atoms with E-state index in [4.69, 9.17) is 10.00 Å². The topological polar surface area (TPSA) is 79.2 Å². The van der Waals surface area contributed by atoms with E-state index in [1.54, 1.807) is 0 Å². The van der Waals surface area contributed by atoms with E-state index in [-0.39, 0.29) is 30.3 Å². The molecule has 1 saturated carbocycles. The number of esters is 1. The van der Waals surface area contributed by atoms with Crippen LogP contribution in [0.1, 0.15) is 51.9 Å². The Hall–Kier alpha value is -1.57. The molecule has 1 rings (SSSR count). The molecular formula is C14H22N2O3. The van der Waals surface area contributed by atoms with Gasteiger partial charge in [0.1, 0.15) is 6.10 Å². The number of amides is 1. The summed E-state index contributed by atoms with van der Waals surface area (Å²) in [6.07, 6.45) is 4.46. The number of carbonyl (C=O) groups excluding carboxylic acids is 2. The van der Waals surface area contributed by atoms with Crippen LogP contribution in [0.4, 0.5) is 0 Å². The van der Waals surface area contributed by atoms with Crippen molar-refractivity contribution in [1.82, 2.24) is 5.32 Å². The molecule has 0 unspecified atom stereocenters. The monoisotopic (exact) mass is 266 g/mol. The molecule has 2 atom stereocenters. The number of ether oxygens (including phenoxy) is 1. The average molecular weight is 266 g/mol. The molecule has 5 nitrogen and oxygen atoms in total. The second kappa shape index (κ2) is 8.52. The minimum absolute atomic E-state index is 0.0390. The van der Waals surface area contributed by atoms with Crippen molar-refractivity contribution in [2.24, 2.45) is 5.92 Å². The molecule has 0 spiro atoms.